The zero-order chi connectivity index (χ0) is 19.8. The van der Waals surface area contributed by atoms with Gasteiger partial charge in [0.25, 0.3) is 5.56 Å². The quantitative estimate of drug-likeness (QED) is 0.521. The van der Waals surface area contributed by atoms with Crippen LogP contribution in [0.1, 0.15) is 24.7 Å². The normalized spacial score (nSPS) is 16.9. The average Bonchev–Trinajstić information content (AvgIpc) is 3.42. The summed E-state index contributed by atoms with van der Waals surface area (Å²) in [6.07, 6.45) is 5.51. The van der Waals surface area contributed by atoms with Crippen LogP contribution in [-0.2, 0) is 11.3 Å². The van der Waals surface area contributed by atoms with Gasteiger partial charge in [-0.2, -0.15) is 0 Å². The molecule has 0 aliphatic carbocycles. The number of hydrogen-bond donors (Lipinski definition) is 0. The van der Waals surface area contributed by atoms with Gasteiger partial charge in [0.2, 0.25) is 0 Å². The zero-order valence-corrected chi connectivity index (χ0v) is 16.2. The van der Waals surface area contributed by atoms with Gasteiger partial charge in [-0.15, -0.1) is 5.10 Å². The van der Waals surface area contributed by atoms with E-state index in [0.717, 1.165) is 42.2 Å². The molecular formula is C21H22N6O2. The monoisotopic (exact) mass is 390 g/mol. The van der Waals surface area contributed by atoms with Crippen LogP contribution in [0.25, 0.3) is 16.6 Å². The van der Waals surface area contributed by atoms with E-state index in [4.69, 9.17) is 14.8 Å². The van der Waals surface area contributed by atoms with E-state index in [1.165, 1.54) is 0 Å². The van der Waals surface area contributed by atoms with E-state index in [0.29, 0.717) is 18.5 Å². The molecule has 0 radical (unpaired) electrons. The summed E-state index contributed by atoms with van der Waals surface area (Å²) in [7, 11) is 1.64. The summed E-state index contributed by atoms with van der Waals surface area (Å²) < 4.78 is 8.80. The maximum Gasteiger partial charge on any atom is 0.261 e. The van der Waals surface area contributed by atoms with Crippen molar-refractivity contribution in [3.8, 4) is 0 Å². The van der Waals surface area contributed by atoms with Crippen molar-refractivity contribution in [2.75, 3.05) is 25.2 Å². The fourth-order valence-electron chi connectivity index (χ4n) is 4.11. The van der Waals surface area contributed by atoms with Gasteiger partial charge in [0, 0.05) is 26.0 Å². The van der Waals surface area contributed by atoms with Crippen molar-refractivity contribution >= 4 is 22.4 Å². The summed E-state index contributed by atoms with van der Waals surface area (Å²) in [6, 6.07) is 11.5. The summed E-state index contributed by atoms with van der Waals surface area (Å²) in [4.78, 5) is 24.6. The highest BCUT2D eigenvalue weighted by Crippen LogP contribution is 2.34. The molecular weight excluding hydrogens is 368 g/mol. The number of ether oxygens (including phenoxy) is 1. The lowest BCUT2D eigenvalue weighted by Crippen LogP contribution is -2.33. The van der Waals surface area contributed by atoms with Gasteiger partial charge in [0.15, 0.2) is 5.65 Å². The van der Waals surface area contributed by atoms with Gasteiger partial charge < -0.3 is 9.64 Å². The third-order valence-electron chi connectivity index (χ3n) is 5.50. The first-order valence-electron chi connectivity index (χ1n) is 9.82. The first-order chi connectivity index (χ1) is 14.3. The van der Waals surface area contributed by atoms with Gasteiger partial charge in [-0.25, -0.2) is 14.5 Å². The second kappa shape index (κ2) is 7.29. The Kier molecular flexibility index (Phi) is 4.48. The molecule has 3 aromatic heterocycles. The Bertz CT molecular complexity index is 1230. The van der Waals surface area contributed by atoms with Crippen LogP contribution in [0.4, 0.5) is 5.82 Å². The van der Waals surface area contributed by atoms with E-state index >= 15 is 0 Å². The molecule has 0 amide bonds. The summed E-state index contributed by atoms with van der Waals surface area (Å²) in [6.45, 7) is 1.80. The molecule has 0 spiro atoms. The van der Waals surface area contributed by atoms with E-state index in [1.807, 2.05) is 42.6 Å². The van der Waals surface area contributed by atoms with Gasteiger partial charge >= 0.3 is 0 Å². The first kappa shape index (κ1) is 17.8. The van der Waals surface area contributed by atoms with Crippen LogP contribution in [0.3, 0.4) is 0 Å². The van der Waals surface area contributed by atoms with Gasteiger partial charge in [0.1, 0.15) is 11.6 Å². The minimum absolute atomic E-state index is 0.0161. The molecule has 0 saturated carbocycles. The van der Waals surface area contributed by atoms with Gasteiger partial charge in [-0.05, 0) is 37.1 Å². The molecule has 0 N–H and O–H groups in total. The standard InChI is InChI=1S/C21H22N6O2/c1-29-14-13-26-20(23-16-6-3-2-5-15(16)21(26)28)17-7-4-11-25(17)19-9-8-18-22-10-12-27(18)24-19/h2-3,5-6,8-10,12,17H,4,7,11,13-14H2,1H3. The summed E-state index contributed by atoms with van der Waals surface area (Å²) in [5.74, 6) is 1.63. The predicted molar refractivity (Wildman–Crippen MR) is 110 cm³/mol. The minimum Gasteiger partial charge on any atom is -0.383 e. The number of imidazole rings is 1. The van der Waals surface area contributed by atoms with Crippen molar-refractivity contribution in [2.24, 2.45) is 0 Å². The number of benzene rings is 1. The Hall–Kier alpha value is -3.26. The van der Waals surface area contributed by atoms with Crippen molar-refractivity contribution in [1.82, 2.24) is 24.1 Å². The van der Waals surface area contributed by atoms with Crippen molar-refractivity contribution < 1.29 is 4.74 Å². The molecule has 8 heteroatoms. The number of anilines is 1. The summed E-state index contributed by atoms with van der Waals surface area (Å²) >= 11 is 0. The molecule has 1 unspecified atom stereocenters. The highest BCUT2D eigenvalue weighted by Gasteiger charge is 2.31. The Balaban J connectivity index is 1.63. The fourth-order valence-corrected chi connectivity index (χ4v) is 4.11. The predicted octanol–water partition coefficient (Wildman–Crippen LogP) is 2.43. The van der Waals surface area contributed by atoms with E-state index < -0.39 is 0 Å². The third-order valence-corrected chi connectivity index (χ3v) is 5.50. The molecule has 4 heterocycles. The summed E-state index contributed by atoms with van der Waals surface area (Å²) in [5, 5.41) is 5.34. The lowest BCUT2D eigenvalue weighted by molar-refractivity contribution is 0.184. The molecule has 1 atom stereocenters. The average molecular weight is 390 g/mol. The second-order valence-electron chi connectivity index (χ2n) is 7.21. The number of aromatic nitrogens is 5. The largest absolute Gasteiger partial charge is 0.383 e. The van der Waals surface area contributed by atoms with E-state index in [-0.39, 0.29) is 11.6 Å². The molecule has 4 aromatic rings. The van der Waals surface area contributed by atoms with Crippen molar-refractivity contribution in [3.63, 3.8) is 0 Å². The van der Waals surface area contributed by atoms with Crippen LogP contribution in [0.2, 0.25) is 0 Å². The van der Waals surface area contributed by atoms with Crippen LogP contribution < -0.4 is 10.5 Å². The molecule has 1 fully saturated rings. The Morgan fingerprint density at radius 2 is 2.10 bits per heavy atom. The van der Waals surface area contributed by atoms with Gasteiger partial charge in [-0.1, -0.05) is 12.1 Å². The highest BCUT2D eigenvalue weighted by atomic mass is 16.5. The zero-order valence-electron chi connectivity index (χ0n) is 16.2. The summed E-state index contributed by atoms with van der Waals surface area (Å²) in [5.41, 5.74) is 1.52. The number of nitrogens with zero attached hydrogens (tertiary/aromatic N) is 6. The lowest BCUT2D eigenvalue weighted by atomic mass is 10.1. The number of rotatable bonds is 5. The second-order valence-corrected chi connectivity index (χ2v) is 7.21. The van der Waals surface area contributed by atoms with Gasteiger partial charge in [0.05, 0.1) is 30.1 Å². The molecule has 148 valence electrons. The lowest BCUT2D eigenvalue weighted by Gasteiger charge is -2.27. The van der Waals surface area contributed by atoms with Crippen molar-refractivity contribution in [2.45, 2.75) is 25.4 Å². The topological polar surface area (TPSA) is 77.6 Å². The maximum atomic E-state index is 13.2. The van der Waals surface area contributed by atoms with Crippen molar-refractivity contribution in [3.05, 3.63) is 65.0 Å². The van der Waals surface area contributed by atoms with E-state index in [1.54, 1.807) is 22.4 Å². The molecule has 1 aromatic carbocycles. The Morgan fingerprint density at radius 1 is 1.21 bits per heavy atom. The van der Waals surface area contributed by atoms with Crippen LogP contribution in [0.5, 0.6) is 0 Å². The minimum atomic E-state index is -0.0208. The Morgan fingerprint density at radius 3 is 3.00 bits per heavy atom. The molecule has 1 aliphatic heterocycles. The molecule has 0 bridgehead atoms. The molecule has 1 aliphatic rings. The van der Waals surface area contributed by atoms with Crippen molar-refractivity contribution in [1.29, 1.82) is 0 Å². The maximum absolute atomic E-state index is 13.2. The van der Waals surface area contributed by atoms with E-state index in [2.05, 4.69) is 9.88 Å². The highest BCUT2D eigenvalue weighted by molar-refractivity contribution is 5.77. The van der Waals surface area contributed by atoms with E-state index in [9.17, 15) is 4.79 Å². The fraction of sp³-hybridized carbons (Fsp3) is 0.333. The van der Waals surface area contributed by atoms with Crippen LogP contribution in [0, 0.1) is 0 Å². The number of fused-ring (bicyclic) bond motifs is 2. The molecule has 8 nitrogen and oxygen atoms in total. The number of para-hydroxylation sites is 1. The molecule has 1 saturated heterocycles. The molecule has 5 rings (SSSR count). The van der Waals surface area contributed by atoms with Crippen LogP contribution in [-0.4, -0.2) is 44.4 Å². The number of hydrogen-bond acceptors (Lipinski definition) is 6. The first-order valence-corrected chi connectivity index (χ1v) is 9.82. The number of methoxy groups -OCH3 is 1. The van der Waals surface area contributed by atoms with Crippen LogP contribution >= 0.6 is 0 Å². The Labute approximate surface area is 167 Å². The van der Waals surface area contributed by atoms with Gasteiger partial charge in [-0.3, -0.25) is 9.36 Å². The smallest absolute Gasteiger partial charge is 0.261 e. The third kappa shape index (κ3) is 3.05. The molecule has 29 heavy (non-hydrogen) atoms. The SMILES string of the molecule is COCCn1c(C2CCCN2c2ccc3nccn3n2)nc2ccccc2c1=O. The van der Waals surface area contributed by atoms with Crippen LogP contribution in [0.15, 0.2) is 53.6 Å².